The molecule has 0 saturated carbocycles. The quantitative estimate of drug-likeness (QED) is 0.0154. The summed E-state index contributed by atoms with van der Waals surface area (Å²) < 4.78 is 59.0. The zero-order valence-electron chi connectivity index (χ0n) is 46.4. The van der Waals surface area contributed by atoms with Gasteiger partial charge in [0.25, 0.3) is 0 Å². The Hall–Kier alpha value is -6.60. The Morgan fingerprint density at radius 3 is 1.22 bits per heavy atom. The van der Waals surface area contributed by atoms with Crippen molar-refractivity contribution >= 4 is 59.1 Å². The lowest BCUT2D eigenvalue weighted by Gasteiger charge is -2.30. The van der Waals surface area contributed by atoms with Crippen LogP contribution >= 0.6 is 0 Å². The number of nitrogens with one attached hydrogen (secondary N) is 9. The number of guanidine groups is 1. The fourth-order valence-corrected chi connectivity index (χ4v) is 8.10. The summed E-state index contributed by atoms with van der Waals surface area (Å²) in [7, 11) is 0. The molecule has 1 aromatic rings. The van der Waals surface area contributed by atoms with Crippen molar-refractivity contribution in [3.05, 3.63) is 34.4 Å². The smallest absolute Gasteiger partial charge is 0.243 e. The van der Waals surface area contributed by atoms with Gasteiger partial charge in [-0.15, -0.1) is 0 Å². The highest BCUT2D eigenvalue weighted by molar-refractivity contribution is 5.98. The standard InChI is InChI=1S/C51H86F4N14O8/c1-24(2)19-33(63-29(11)70)46(73)66-35(21-26(5)6)48(75)68-36(22-27(7)8)49(76)67-34(20-25(3)4)47(74)64-32(16-14-18-61-51(59)60)45(72)69-42(28(9)10)50(77)65-31(15-12-13-17-56)44(71)62-23-30-38(52)40(54)37(43(57)58)41(55)39(30)53/h24-28,31-36,42H,12-23,56H2,1-11H3,(H3,57,58)(H,62,71)(H,63,70)(H,64,74)(H,65,77)(H,66,73)(H,67,76)(H,68,75)(H,69,72)(H4,59,60,61)/t31-,32-,33+,34-,35-,36-,42-/m0/s1. The van der Waals surface area contributed by atoms with E-state index in [1.807, 2.05) is 41.5 Å². The highest BCUT2D eigenvalue weighted by Gasteiger charge is 2.36. The first-order chi connectivity index (χ1) is 35.8. The van der Waals surface area contributed by atoms with Gasteiger partial charge in [-0.3, -0.25) is 48.8 Å². The molecule has 22 nitrogen and oxygen atoms in total. The molecule has 0 spiro atoms. The summed E-state index contributed by atoms with van der Waals surface area (Å²) in [5.74, 6) is -16.3. The monoisotopic (exact) mass is 1100 g/mol. The third-order valence-corrected chi connectivity index (χ3v) is 11.9. The van der Waals surface area contributed by atoms with Crippen molar-refractivity contribution in [2.75, 3.05) is 13.1 Å². The van der Waals surface area contributed by atoms with Crippen LogP contribution in [0, 0.1) is 58.3 Å². The normalized spacial score (nSPS) is 14.1. The minimum absolute atomic E-state index is 0.0239. The van der Waals surface area contributed by atoms with E-state index in [1.54, 1.807) is 27.7 Å². The van der Waals surface area contributed by atoms with E-state index in [1.165, 1.54) is 6.92 Å². The van der Waals surface area contributed by atoms with Gasteiger partial charge in [0, 0.05) is 25.6 Å². The van der Waals surface area contributed by atoms with Crippen LogP contribution in [-0.2, 0) is 44.9 Å². The predicted octanol–water partition coefficient (Wildman–Crippen LogP) is 1.58. The van der Waals surface area contributed by atoms with Gasteiger partial charge in [-0.2, -0.15) is 0 Å². The van der Waals surface area contributed by atoms with Crippen molar-refractivity contribution in [3.63, 3.8) is 0 Å². The van der Waals surface area contributed by atoms with Gasteiger partial charge in [0.1, 0.15) is 48.1 Å². The first-order valence-corrected chi connectivity index (χ1v) is 26.1. The van der Waals surface area contributed by atoms with Crippen LogP contribution in [0.25, 0.3) is 0 Å². The van der Waals surface area contributed by atoms with E-state index in [2.05, 4.69) is 47.5 Å². The van der Waals surface area contributed by atoms with E-state index in [9.17, 15) is 55.9 Å². The summed E-state index contributed by atoms with van der Waals surface area (Å²) in [5.41, 5.74) is 19.1. The molecule has 0 radical (unpaired) electrons. The van der Waals surface area contributed by atoms with Crippen LogP contribution in [0.1, 0.15) is 145 Å². The number of carbonyl (C=O) groups excluding carboxylic acids is 8. The van der Waals surface area contributed by atoms with E-state index < -0.39 is 142 Å². The SMILES string of the molecule is CC(=O)N[C@H](CC(C)C)C(=O)N[C@@H](CC(C)C)C(=O)N[C@@H](CC(C)C)C(=O)N[C@@H](CC(C)C)C(=O)N[C@@H](CCCN=C(N)N)C(=O)N[C@H](C(=O)N[C@@H](CCCCN)C(=O)NCc1c(F)c(F)c(C(=N)N)c(F)c1F)C(C)C. The van der Waals surface area contributed by atoms with Gasteiger partial charge in [0.05, 0.1) is 5.56 Å². The number of nitrogens with zero attached hydrogens (tertiary/aromatic N) is 1. The Bertz CT molecular complexity index is 2200. The van der Waals surface area contributed by atoms with Gasteiger partial charge in [0.15, 0.2) is 29.2 Å². The van der Waals surface area contributed by atoms with E-state index in [-0.39, 0.29) is 87.7 Å². The van der Waals surface area contributed by atoms with Gasteiger partial charge in [-0.05, 0) is 93.9 Å². The zero-order valence-corrected chi connectivity index (χ0v) is 46.4. The van der Waals surface area contributed by atoms with E-state index in [0.29, 0.717) is 12.8 Å². The second kappa shape index (κ2) is 33.5. The van der Waals surface area contributed by atoms with Gasteiger partial charge in [-0.25, -0.2) is 17.6 Å². The predicted molar refractivity (Wildman–Crippen MR) is 284 cm³/mol. The molecule has 1 rings (SSSR count). The number of amidine groups is 1. The van der Waals surface area contributed by atoms with Gasteiger partial charge in [-0.1, -0.05) is 69.2 Å². The first-order valence-electron chi connectivity index (χ1n) is 26.1. The molecule has 17 N–H and O–H groups in total. The number of benzene rings is 1. The van der Waals surface area contributed by atoms with Gasteiger partial charge in [0.2, 0.25) is 47.3 Å². The third kappa shape index (κ3) is 24.1. The highest BCUT2D eigenvalue weighted by Crippen LogP contribution is 2.24. The minimum Gasteiger partial charge on any atom is -0.384 e. The number of halogens is 4. The van der Waals surface area contributed by atoms with E-state index in [4.69, 9.17) is 28.3 Å². The topological polar surface area (TPSA) is 373 Å². The number of hydrogen-bond acceptors (Lipinski definition) is 11. The minimum atomic E-state index is -1.95. The number of nitrogen functional groups attached to an aromatic ring is 1. The number of amides is 8. The van der Waals surface area contributed by atoms with Crippen molar-refractivity contribution < 1.29 is 55.9 Å². The summed E-state index contributed by atoms with van der Waals surface area (Å²) >= 11 is 0. The number of unbranched alkanes of at least 4 members (excludes halogenated alkanes) is 1. The summed E-state index contributed by atoms with van der Waals surface area (Å²) in [5, 5.41) is 28.2. The first kappa shape index (κ1) is 68.4. The molecule has 0 saturated heterocycles. The molecule has 26 heteroatoms. The zero-order chi connectivity index (χ0) is 59.0. The van der Waals surface area contributed by atoms with Crippen LogP contribution < -0.4 is 65.5 Å². The molecule has 0 aliphatic carbocycles. The number of nitrogens with two attached hydrogens (primary N) is 4. The molecule has 0 unspecified atom stereocenters. The van der Waals surface area contributed by atoms with Crippen LogP contribution in [-0.4, -0.2) is 114 Å². The second-order valence-corrected chi connectivity index (χ2v) is 21.3. The maximum Gasteiger partial charge on any atom is 0.243 e. The molecule has 0 fully saturated rings. The molecule has 436 valence electrons. The molecular weight excluding hydrogens is 1010 g/mol. The number of aliphatic imine (C=N–C) groups is 1. The lowest BCUT2D eigenvalue weighted by atomic mass is 9.97. The summed E-state index contributed by atoms with van der Waals surface area (Å²) in [4.78, 5) is 114. The molecule has 7 atom stereocenters. The fraction of sp³-hybridized carbons (Fsp3) is 0.686. The molecule has 0 aliphatic heterocycles. The maximum absolute atomic E-state index is 14.9. The van der Waals surface area contributed by atoms with Crippen LogP contribution in [0.4, 0.5) is 17.6 Å². The molecule has 0 bridgehead atoms. The largest absolute Gasteiger partial charge is 0.384 e. The highest BCUT2D eigenvalue weighted by atomic mass is 19.2. The lowest BCUT2D eigenvalue weighted by molar-refractivity contribution is -0.136. The molecule has 77 heavy (non-hydrogen) atoms. The van der Waals surface area contributed by atoms with E-state index in [0.717, 1.165) is 0 Å². The summed E-state index contributed by atoms with van der Waals surface area (Å²) in [6, 6.07) is -8.69. The van der Waals surface area contributed by atoms with E-state index >= 15 is 0 Å². The van der Waals surface area contributed by atoms with Crippen LogP contribution in [0.3, 0.4) is 0 Å². The molecule has 0 aliphatic rings. The number of rotatable bonds is 34. The average molecular weight is 1100 g/mol. The van der Waals surface area contributed by atoms with Crippen LogP contribution in [0.2, 0.25) is 0 Å². The van der Waals surface area contributed by atoms with Crippen LogP contribution in [0.5, 0.6) is 0 Å². The Morgan fingerprint density at radius 2 is 0.857 bits per heavy atom. The Kier molecular flexibility index (Phi) is 29.8. The average Bonchev–Trinajstić information content (AvgIpc) is 3.30. The van der Waals surface area contributed by atoms with Crippen molar-refractivity contribution in [3.8, 4) is 0 Å². The Morgan fingerprint density at radius 1 is 0.494 bits per heavy atom. The van der Waals surface area contributed by atoms with Crippen LogP contribution in [0.15, 0.2) is 4.99 Å². The van der Waals surface area contributed by atoms with Gasteiger partial charge >= 0.3 is 0 Å². The van der Waals surface area contributed by atoms with Crippen molar-refractivity contribution in [1.29, 1.82) is 5.41 Å². The number of hydrogen-bond donors (Lipinski definition) is 13. The molecule has 0 aromatic heterocycles. The molecule has 0 heterocycles. The summed E-state index contributed by atoms with van der Waals surface area (Å²) in [6.45, 7) is 18.3. The molecule has 1 aromatic carbocycles. The number of carbonyl (C=O) groups is 8. The summed E-state index contributed by atoms with van der Waals surface area (Å²) in [6.07, 6.45) is 1.27. The van der Waals surface area contributed by atoms with Crippen molar-refractivity contribution in [1.82, 2.24) is 42.5 Å². The van der Waals surface area contributed by atoms with Crippen molar-refractivity contribution in [2.45, 2.75) is 183 Å². The Balaban J connectivity index is 3.54. The third-order valence-electron chi connectivity index (χ3n) is 11.9. The molecule has 8 amide bonds. The van der Waals surface area contributed by atoms with Crippen molar-refractivity contribution in [2.24, 2.45) is 57.5 Å². The Labute approximate surface area is 449 Å². The maximum atomic E-state index is 14.9. The fourth-order valence-electron chi connectivity index (χ4n) is 8.10. The second-order valence-electron chi connectivity index (χ2n) is 21.3. The van der Waals surface area contributed by atoms with Gasteiger partial charge < -0.3 is 65.5 Å². The lowest BCUT2D eigenvalue weighted by Crippen LogP contribution is -2.61. The molecular formula is C51H86F4N14O8.